The van der Waals surface area contributed by atoms with Crippen LogP contribution in [0.25, 0.3) is 0 Å². The predicted molar refractivity (Wildman–Crippen MR) is 43.8 cm³/mol. The van der Waals surface area contributed by atoms with E-state index >= 15 is 0 Å². The highest BCUT2D eigenvalue weighted by Gasteiger charge is 2.16. The summed E-state index contributed by atoms with van der Waals surface area (Å²) in [6.07, 6.45) is 1.75. The van der Waals surface area contributed by atoms with Crippen LogP contribution >= 0.6 is 0 Å². The fraction of sp³-hybridized carbons (Fsp3) is 0.429. The zero-order valence-corrected chi connectivity index (χ0v) is 6.58. The second-order valence-corrected chi connectivity index (χ2v) is 2.70. The number of amides is 1. The van der Waals surface area contributed by atoms with Gasteiger partial charge in [0.05, 0.1) is 6.54 Å². The lowest BCUT2D eigenvalue weighted by Crippen LogP contribution is -2.47. The Balaban J connectivity index is 2.09. The van der Waals surface area contributed by atoms with Crippen molar-refractivity contribution in [2.75, 3.05) is 24.5 Å². The first-order valence-electron chi connectivity index (χ1n) is 3.88. The normalized spacial score (nSPS) is 17.7. The highest BCUT2D eigenvalue weighted by Crippen LogP contribution is 2.08. The summed E-state index contributed by atoms with van der Waals surface area (Å²) in [6, 6.07) is 1.86. The molecule has 1 aromatic rings. The number of aromatic amines is 1. The molecule has 1 aliphatic rings. The van der Waals surface area contributed by atoms with Gasteiger partial charge < -0.3 is 10.2 Å². The Morgan fingerprint density at radius 3 is 3.17 bits per heavy atom. The fourth-order valence-corrected chi connectivity index (χ4v) is 1.26. The van der Waals surface area contributed by atoms with Gasteiger partial charge in [-0.3, -0.25) is 9.89 Å². The first-order chi connectivity index (χ1) is 5.86. The Bertz CT molecular complexity index is 269. The Labute approximate surface area is 69.8 Å². The quantitative estimate of drug-likeness (QED) is 0.582. The molecule has 2 N–H and O–H groups in total. The Morgan fingerprint density at radius 2 is 2.50 bits per heavy atom. The number of carbonyl (C=O) groups is 1. The number of piperazine rings is 1. The fourth-order valence-electron chi connectivity index (χ4n) is 1.26. The number of hydrogen-bond acceptors (Lipinski definition) is 3. The van der Waals surface area contributed by atoms with Gasteiger partial charge in [0, 0.05) is 25.4 Å². The van der Waals surface area contributed by atoms with Crippen molar-refractivity contribution in [2.45, 2.75) is 0 Å². The SMILES string of the molecule is O=C1CN(c2cc[nH]n2)CCN1. The van der Waals surface area contributed by atoms with Crippen molar-refractivity contribution >= 4 is 11.7 Å². The number of H-pyrrole nitrogens is 1. The molecule has 2 rings (SSSR count). The number of anilines is 1. The molecule has 1 fully saturated rings. The van der Waals surface area contributed by atoms with E-state index in [0.29, 0.717) is 13.1 Å². The van der Waals surface area contributed by atoms with Crippen LogP contribution in [0.2, 0.25) is 0 Å². The monoisotopic (exact) mass is 166 g/mol. The zero-order chi connectivity index (χ0) is 8.39. The Hall–Kier alpha value is -1.52. The molecule has 0 radical (unpaired) electrons. The molecule has 5 heteroatoms. The number of nitrogens with one attached hydrogen (secondary N) is 2. The average molecular weight is 166 g/mol. The summed E-state index contributed by atoms with van der Waals surface area (Å²) < 4.78 is 0. The van der Waals surface area contributed by atoms with Gasteiger partial charge in [0.2, 0.25) is 5.91 Å². The molecule has 0 saturated carbocycles. The molecule has 1 aromatic heterocycles. The molecular weight excluding hydrogens is 156 g/mol. The molecule has 0 unspecified atom stereocenters. The van der Waals surface area contributed by atoms with Crippen molar-refractivity contribution in [1.29, 1.82) is 0 Å². The first kappa shape index (κ1) is 7.15. The molecule has 12 heavy (non-hydrogen) atoms. The lowest BCUT2D eigenvalue weighted by molar-refractivity contribution is -0.120. The highest BCUT2D eigenvalue weighted by atomic mass is 16.2. The van der Waals surface area contributed by atoms with Crippen LogP contribution in [0.3, 0.4) is 0 Å². The molecule has 1 aliphatic heterocycles. The summed E-state index contributed by atoms with van der Waals surface area (Å²) in [6.45, 7) is 1.94. The number of carbonyl (C=O) groups excluding carboxylic acids is 1. The van der Waals surface area contributed by atoms with Crippen molar-refractivity contribution in [3.8, 4) is 0 Å². The summed E-state index contributed by atoms with van der Waals surface area (Å²) >= 11 is 0. The molecule has 0 bridgehead atoms. The van der Waals surface area contributed by atoms with E-state index in [4.69, 9.17) is 0 Å². The van der Waals surface area contributed by atoms with Gasteiger partial charge in [0.25, 0.3) is 0 Å². The van der Waals surface area contributed by atoms with Crippen LogP contribution in [0.15, 0.2) is 12.3 Å². The van der Waals surface area contributed by atoms with Crippen molar-refractivity contribution in [2.24, 2.45) is 0 Å². The third kappa shape index (κ3) is 1.25. The number of hydrogen-bond donors (Lipinski definition) is 2. The molecule has 5 nitrogen and oxygen atoms in total. The smallest absolute Gasteiger partial charge is 0.239 e. The average Bonchev–Trinajstić information content (AvgIpc) is 2.56. The summed E-state index contributed by atoms with van der Waals surface area (Å²) in [5.74, 6) is 0.897. The third-order valence-corrected chi connectivity index (χ3v) is 1.85. The van der Waals surface area contributed by atoms with Gasteiger partial charge >= 0.3 is 0 Å². The summed E-state index contributed by atoms with van der Waals surface area (Å²) in [7, 11) is 0. The van der Waals surface area contributed by atoms with Crippen LogP contribution < -0.4 is 10.2 Å². The molecule has 64 valence electrons. The van der Waals surface area contributed by atoms with E-state index in [2.05, 4.69) is 15.5 Å². The maximum Gasteiger partial charge on any atom is 0.239 e. The largest absolute Gasteiger partial charge is 0.353 e. The van der Waals surface area contributed by atoms with Gasteiger partial charge in [-0.15, -0.1) is 0 Å². The van der Waals surface area contributed by atoms with Gasteiger partial charge in [0.1, 0.15) is 0 Å². The lowest BCUT2D eigenvalue weighted by atomic mass is 10.3. The second-order valence-electron chi connectivity index (χ2n) is 2.70. The number of aromatic nitrogens is 2. The zero-order valence-electron chi connectivity index (χ0n) is 6.58. The standard InChI is InChI=1S/C7H10N4O/c12-7-5-11(4-3-8-7)6-1-2-9-10-6/h1-2H,3-5H2,(H,8,12)(H,9,10). The van der Waals surface area contributed by atoms with Gasteiger partial charge in [-0.2, -0.15) is 5.10 Å². The molecule has 1 saturated heterocycles. The van der Waals surface area contributed by atoms with E-state index < -0.39 is 0 Å². The molecular formula is C7H10N4O. The van der Waals surface area contributed by atoms with Crippen molar-refractivity contribution in [3.63, 3.8) is 0 Å². The Kier molecular flexibility index (Phi) is 1.69. The van der Waals surface area contributed by atoms with Gasteiger partial charge in [-0.1, -0.05) is 0 Å². The molecule has 0 atom stereocenters. The van der Waals surface area contributed by atoms with Crippen LogP contribution in [0.5, 0.6) is 0 Å². The van der Waals surface area contributed by atoms with E-state index in [-0.39, 0.29) is 5.91 Å². The van der Waals surface area contributed by atoms with Crippen LogP contribution in [-0.4, -0.2) is 35.7 Å². The van der Waals surface area contributed by atoms with Crippen LogP contribution in [0.4, 0.5) is 5.82 Å². The van der Waals surface area contributed by atoms with Gasteiger partial charge in [-0.25, -0.2) is 0 Å². The van der Waals surface area contributed by atoms with Gasteiger partial charge in [-0.05, 0) is 0 Å². The molecule has 0 aromatic carbocycles. The predicted octanol–water partition coefficient (Wildman–Crippen LogP) is -0.654. The molecule has 2 heterocycles. The topological polar surface area (TPSA) is 61.0 Å². The van der Waals surface area contributed by atoms with E-state index in [1.807, 2.05) is 11.0 Å². The van der Waals surface area contributed by atoms with Crippen LogP contribution in [-0.2, 0) is 4.79 Å². The van der Waals surface area contributed by atoms with E-state index in [9.17, 15) is 4.79 Å². The summed E-state index contributed by atoms with van der Waals surface area (Å²) in [5.41, 5.74) is 0. The number of nitrogens with zero attached hydrogens (tertiary/aromatic N) is 2. The second kappa shape index (κ2) is 2.84. The third-order valence-electron chi connectivity index (χ3n) is 1.85. The van der Waals surface area contributed by atoms with Crippen molar-refractivity contribution in [1.82, 2.24) is 15.5 Å². The van der Waals surface area contributed by atoms with Gasteiger partial charge in [0.15, 0.2) is 5.82 Å². The summed E-state index contributed by atoms with van der Waals surface area (Å²) in [5, 5.41) is 9.47. The minimum atomic E-state index is 0.0595. The first-order valence-corrected chi connectivity index (χ1v) is 3.88. The minimum absolute atomic E-state index is 0.0595. The van der Waals surface area contributed by atoms with E-state index in [1.54, 1.807) is 6.20 Å². The van der Waals surface area contributed by atoms with E-state index in [1.165, 1.54) is 0 Å². The van der Waals surface area contributed by atoms with Crippen molar-refractivity contribution in [3.05, 3.63) is 12.3 Å². The maximum atomic E-state index is 11.0. The van der Waals surface area contributed by atoms with Crippen LogP contribution in [0.1, 0.15) is 0 Å². The number of rotatable bonds is 1. The van der Waals surface area contributed by atoms with E-state index in [0.717, 1.165) is 12.4 Å². The molecule has 0 aliphatic carbocycles. The van der Waals surface area contributed by atoms with Crippen molar-refractivity contribution < 1.29 is 4.79 Å². The maximum absolute atomic E-state index is 11.0. The molecule has 1 amide bonds. The molecule has 0 spiro atoms. The minimum Gasteiger partial charge on any atom is -0.353 e. The van der Waals surface area contributed by atoms with Crippen LogP contribution in [0, 0.1) is 0 Å². The summed E-state index contributed by atoms with van der Waals surface area (Å²) in [4.78, 5) is 12.9. The Morgan fingerprint density at radius 1 is 1.58 bits per heavy atom. The highest BCUT2D eigenvalue weighted by molar-refractivity contribution is 5.82. The lowest BCUT2D eigenvalue weighted by Gasteiger charge is -2.26.